The number of hydrogen-bond donors (Lipinski definition) is 1. The predicted molar refractivity (Wildman–Crippen MR) is 64.0 cm³/mol. The van der Waals surface area contributed by atoms with Crippen LogP contribution in [0.3, 0.4) is 0 Å². The molecule has 0 radical (unpaired) electrons. The van der Waals surface area contributed by atoms with Crippen molar-refractivity contribution in [2.45, 2.75) is 64.0 Å². The lowest BCUT2D eigenvalue weighted by Crippen LogP contribution is -2.21. The summed E-state index contributed by atoms with van der Waals surface area (Å²) in [6, 6.07) is 0.635. The fraction of sp³-hybridized carbons (Fsp3) is 0.833. The topological polar surface area (TPSA) is 56.7 Å². The maximum atomic E-state index is 6.13. The van der Waals surface area contributed by atoms with Gasteiger partial charge in [0, 0.05) is 6.04 Å². The summed E-state index contributed by atoms with van der Waals surface area (Å²) in [4.78, 5) is 0. The van der Waals surface area contributed by atoms with Crippen LogP contribution in [0, 0.1) is 0 Å². The fourth-order valence-electron chi connectivity index (χ4n) is 2.60. The Labute approximate surface area is 97.2 Å². The summed E-state index contributed by atoms with van der Waals surface area (Å²) in [5.41, 5.74) is 6.13. The summed E-state index contributed by atoms with van der Waals surface area (Å²) in [6.45, 7) is 2.15. The summed E-state index contributed by atoms with van der Waals surface area (Å²) in [5.74, 6) is 0.980. The van der Waals surface area contributed by atoms with Crippen molar-refractivity contribution in [3.05, 3.63) is 12.2 Å². The third-order valence-electron chi connectivity index (χ3n) is 3.50. The molecule has 0 aromatic carbocycles. The summed E-state index contributed by atoms with van der Waals surface area (Å²) in [5, 5.41) is 8.23. The first-order valence-corrected chi connectivity index (χ1v) is 6.48. The number of hydrogen-bond acceptors (Lipinski definition) is 3. The zero-order chi connectivity index (χ0) is 11.4. The molecule has 4 nitrogen and oxygen atoms in total. The number of nitrogens with two attached hydrogens (primary N) is 1. The molecule has 0 spiro atoms. The van der Waals surface area contributed by atoms with Gasteiger partial charge in [0.1, 0.15) is 12.2 Å². The lowest BCUT2D eigenvalue weighted by atomic mass is 9.95. The Balaban J connectivity index is 2.11. The molecular weight excluding hydrogens is 200 g/mol. The van der Waals surface area contributed by atoms with Crippen molar-refractivity contribution < 1.29 is 0 Å². The zero-order valence-electron chi connectivity index (χ0n) is 10.1. The van der Waals surface area contributed by atoms with E-state index in [2.05, 4.69) is 21.7 Å². The van der Waals surface area contributed by atoms with E-state index in [1.807, 2.05) is 6.33 Å². The van der Waals surface area contributed by atoms with Crippen molar-refractivity contribution in [1.29, 1.82) is 0 Å². The Morgan fingerprint density at radius 2 is 2.19 bits per heavy atom. The molecule has 1 unspecified atom stereocenters. The molecule has 1 aromatic heterocycles. The highest BCUT2D eigenvalue weighted by Gasteiger charge is 2.21. The second-order valence-electron chi connectivity index (χ2n) is 4.78. The summed E-state index contributed by atoms with van der Waals surface area (Å²) in [7, 11) is 0. The Kier molecular flexibility index (Phi) is 3.93. The smallest absolute Gasteiger partial charge is 0.150 e. The van der Waals surface area contributed by atoms with E-state index in [0.29, 0.717) is 6.04 Å². The Bertz CT molecular complexity index is 315. The second-order valence-corrected chi connectivity index (χ2v) is 4.78. The van der Waals surface area contributed by atoms with Crippen LogP contribution in [0.15, 0.2) is 6.33 Å². The van der Waals surface area contributed by atoms with Gasteiger partial charge in [0.05, 0.1) is 6.04 Å². The molecule has 1 aliphatic carbocycles. The normalized spacial score (nSPS) is 19.9. The second kappa shape index (κ2) is 5.43. The van der Waals surface area contributed by atoms with Gasteiger partial charge in [0.25, 0.3) is 0 Å². The van der Waals surface area contributed by atoms with E-state index >= 15 is 0 Å². The highest BCUT2D eigenvalue weighted by Crippen LogP contribution is 2.30. The number of rotatable bonds is 4. The number of aromatic nitrogens is 3. The van der Waals surface area contributed by atoms with Crippen molar-refractivity contribution in [3.8, 4) is 0 Å². The molecule has 0 amide bonds. The first-order valence-electron chi connectivity index (χ1n) is 6.48. The average Bonchev–Trinajstić information content (AvgIpc) is 2.79. The van der Waals surface area contributed by atoms with Gasteiger partial charge in [0.2, 0.25) is 0 Å². The molecule has 1 heterocycles. The monoisotopic (exact) mass is 222 g/mol. The molecule has 4 heteroatoms. The van der Waals surface area contributed by atoms with E-state index in [9.17, 15) is 0 Å². The minimum atomic E-state index is 0.0504. The predicted octanol–water partition coefficient (Wildman–Crippen LogP) is 2.58. The largest absolute Gasteiger partial charge is 0.321 e. The van der Waals surface area contributed by atoms with Crippen LogP contribution < -0.4 is 5.73 Å². The Morgan fingerprint density at radius 3 is 2.88 bits per heavy atom. The van der Waals surface area contributed by atoms with Crippen LogP contribution in [-0.2, 0) is 0 Å². The zero-order valence-corrected chi connectivity index (χ0v) is 10.1. The van der Waals surface area contributed by atoms with E-state index in [0.717, 1.165) is 18.7 Å². The van der Waals surface area contributed by atoms with E-state index in [1.54, 1.807) is 0 Å². The molecule has 1 saturated carbocycles. The van der Waals surface area contributed by atoms with Crippen LogP contribution in [-0.4, -0.2) is 14.8 Å². The van der Waals surface area contributed by atoms with Gasteiger partial charge >= 0.3 is 0 Å². The van der Waals surface area contributed by atoms with Gasteiger partial charge in [-0.3, -0.25) is 0 Å². The Hall–Kier alpha value is -0.900. The highest BCUT2D eigenvalue weighted by atomic mass is 15.3. The van der Waals surface area contributed by atoms with E-state index < -0.39 is 0 Å². The van der Waals surface area contributed by atoms with E-state index in [1.165, 1.54) is 32.1 Å². The molecular formula is C12H22N4. The summed E-state index contributed by atoms with van der Waals surface area (Å²) >= 11 is 0. The number of nitrogens with zero attached hydrogens (tertiary/aromatic N) is 3. The van der Waals surface area contributed by atoms with E-state index in [4.69, 9.17) is 5.73 Å². The van der Waals surface area contributed by atoms with Gasteiger partial charge in [-0.15, -0.1) is 10.2 Å². The lowest BCUT2D eigenvalue weighted by molar-refractivity contribution is 0.338. The molecule has 2 N–H and O–H groups in total. The van der Waals surface area contributed by atoms with Gasteiger partial charge in [-0.25, -0.2) is 0 Å². The van der Waals surface area contributed by atoms with Crippen molar-refractivity contribution in [2.24, 2.45) is 5.73 Å². The van der Waals surface area contributed by atoms with Gasteiger partial charge < -0.3 is 10.3 Å². The van der Waals surface area contributed by atoms with Crippen LogP contribution in [0.5, 0.6) is 0 Å². The van der Waals surface area contributed by atoms with Crippen LogP contribution in [0.1, 0.15) is 69.8 Å². The first kappa shape index (κ1) is 11.6. The molecule has 0 aliphatic heterocycles. The molecule has 90 valence electrons. The van der Waals surface area contributed by atoms with Crippen molar-refractivity contribution in [3.63, 3.8) is 0 Å². The van der Waals surface area contributed by atoms with Crippen molar-refractivity contribution in [1.82, 2.24) is 14.8 Å². The standard InChI is InChI=1S/C12H22N4/c1-2-6-11(13)12-15-14-9-16(12)10-7-4-3-5-8-10/h9-11H,2-8,13H2,1H3. The van der Waals surface area contributed by atoms with Gasteiger partial charge in [0.15, 0.2) is 0 Å². The maximum Gasteiger partial charge on any atom is 0.150 e. The minimum Gasteiger partial charge on any atom is -0.321 e. The van der Waals surface area contributed by atoms with Gasteiger partial charge in [-0.05, 0) is 19.3 Å². The summed E-state index contributed by atoms with van der Waals surface area (Å²) < 4.78 is 2.22. The fourth-order valence-corrected chi connectivity index (χ4v) is 2.60. The van der Waals surface area contributed by atoms with Crippen molar-refractivity contribution >= 4 is 0 Å². The third-order valence-corrected chi connectivity index (χ3v) is 3.50. The van der Waals surface area contributed by atoms with Crippen LogP contribution in [0.4, 0.5) is 0 Å². The molecule has 1 atom stereocenters. The van der Waals surface area contributed by atoms with Crippen molar-refractivity contribution in [2.75, 3.05) is 0 Å². The van der Waals surface area contributed by atoms with Crippen LogP contribution in [0.25, 0.3) is 0 Å². The third kappa shape index (κ3) is 2.43. The molecule has 16 heavy (non-hydrogen) atoms. The summed E-state index contributed by atoms with van der Waals surface area (Å²) in [6.07, 6.45) is 10.5. The Morgan fingerprint density at radius 1 is 1.44 bits per heavy atom. The van der Waals surface area contributed by atoms with Crippen LogP contribution in [0.2, 0.25) is 0 Å². The highest BCUT2D eigenvalue weighted by molar-refractivity contribution is 4.96. The van der Waals surface area contributed by atoms with Crippen LogP contribution >= 0.6 is 0 Å². The molecule has 0 bridgehead atoms. The molecule has 1 aliphatic rings. The van der Waals surface area contributed by atoms with Gasteiger partial charge in [-0.1, -0.05) is 32.6 Å². The molecule has 1 fully saturated rings. The van der Waals surface area contributed by atoms with Gasteiger partial charge in [-0.2, -0.15) is 0 Å². The molecule has 2 rings (SSSR count). The molecule has 0 saturated heterocycles. The lowest BCUT2D eigenvalue weighted by Gasteiger charge is -2.25. The van der Waals surface area contributed by atoms with E-state index in [-0.39, 0.29) is 6.04 Å². The first-order chi connectivity index (χ1) is 7.83. The quantitative estimate of drug-likeness (QED) is 0.851. The maximum absolute atomic E-state index is 6.13. The SMILES string of the molecule is CCCC(N)c1nncn1C1CCCCC1. The minimum absolute atomic E-state index is 0.0504. The average molecular weight is 222 g/mol. The molecule has 1 aromatic rings.